The molecule has 178 valence electrons. The molecule has 0 aromatic heterocycles. The summed E-state index contributed by atoms with van der Waals surface area (Å²) in [7, 11) is 3.38. The highest BCUT2D eigenvalue weighted by Gasteiger charge is 2.48. The second kappa shape index (κ2) is 8.79. The number of nitrogens with zero attached hydrogens (tertiary/aromatic N) is 2. The van der Waals surface area contributed by atoms with Gasteiger partial charge in [-0.1, -0.05) is 24.3 Å². The van der Waals surface area contributed by atoms with Gasteiger partial charge in [0.15, 0.2) is 0 Å². The molecular formula is C27H23FN2O5. The van der Waals surface area contributed by atoms with E-state index in [4.69, 9.17) is 9.47 Å². The summed E-state index contributed by atoms with van der Waals surface area (Å²) in [5, 5.41) is 11.4. The van der Waals surface area contributed by atoms with Crippen LogP contribution < -0.4 is 19.3 Å². The van der Waals surface area contributed by atoms with Crippen LogP contribution in [0.1, 0.15) is 17.2 Å². The number of fused-ring (bicyclic) bond motifs is 1. The van der Waals surface area contributed by atoms with Crippen LogP contribution in [0.4, 0.5) is 15.8 Å². The van der Waals surface area contributed by atoms with Crippen molar-refractivity contribution in [2.45, 2.75) is 6.04 Å². The molecule has 35 heavy (non-hydrogen) atoms. The predicted molar refractivity (Wildman–Crippen MR) is 129 cm³/mol. The van der Waals surface area contributed by atoms with Crippen molar-refractivity contribution in [3.63, 3.8) is 0 Å². The third-order valence-corrected chi connectivity index (χ3v) is 6.30. The van der Waals surface area contributed by atoms with Gasteiger partial charge in [-0.15, -0.1) is 0 Å². The second-order valence-corrected chi connectivity index (χ2v) is 8.34. The number of hydrogen-bond donors (Lipinski definition) is 1. The van der Waals surface area contributed by atoms with E-state index in [2.05, 4.69) is 0 Å². The average molecular weight is 474 g/mol. The quantitative estimate of drug-likeness (QED) is 0.345. The van der Waals surface area contributed by atoms with Crippen LogP contribution in [0.15, 0.2) is 72.3 Å². The number of ether oxygens (including phenoxy) is 2. The molecule has 0 aliphatic carbocycles. The van der Waals surface area contributed by atoms with Gasteiger partial charge in [0.1, 0.15) is 29.7 Å². The molecule has 2 aliphatic rings. The summed E-state index contributed by atoms with van der Waals surface area (Å²) in [6, 6.07) is 16.3. The van der Waals surface area contributed by atoms with Crippen LogP contribution in [0, 0.1) is 5.82 Å². The molecule has 1 atom stereocenters. The topological polar surface area (TPSA) is 79.3 Å². The number of hydrogen-bond acceptors (Lipinski definition) is 6. The van der Waals surface area contributed by atoms with Crippen molar-refractivity contribution in [3.8, 4) is 11.5 Å². The SMILES string of the molecule is COc1cccc(N2C(=O)C(=O)/C(=C(/O)c3ccc4c(c3)N(C)CCO4)C2c2ccccc2F)c1. The first-order chi connectivity index (χ1) is 16.9. The molecule has 8 heteroatoms. The number of aliphatic hydroxyl groups is 1. The van der Waals surface area contributed by atoms with Gasteiger partial charge in [-0.3, -0.25) is 14.5 Å². The third kappa shape index (κ3) is 3.77. The van der Waals surface area contributed by atoms with Crippen LogP contribution in [0.3, 0.4) is 0 Å². The van der Waals surface area contributed by atoms with Crippen molar-refractivity contribution >= 4 is 28.8 Å². The number of ketones is 1. The molecule has 1 N–H and O–H groups in total. The first kappa shape index (κ1) is 22.5. The lowest BCUT2D eigenvalue weighted by molar-refractivity contribution is -0.132. The molecule has 1 saturated heterocycles. The molecule has 7 nitrogen and oxygen atoms in total. The highest BCUT2D eigenvalue weighted by molar-refractivity contribution is 6.51. The Morgan fingerprint density at radius 2 is 1.89 bits per heavy atom. The predicted octanol–water partition coefficient (Wildman–Crippen LogP) is 4.29. The second-order valence-electron chi connectivity index (χ2n) is 8.34. The van der Waals surface area contributed by atoms with Crippen molar-refractivity contribution in [2.24, 2.45) is 0 Å². The Morgan fingerprint density at radius 1 is 1.09 bits per heavy atom. The minimum absolute atomic E-state index is 0.0921. The number of benzene rings is 3. The lowest BCUT2D eigenvalue weighted by Gasteiger charge is -2.28. The van der Waals surface area contributed by atoms with Gasteiger partial charge < -0.3 is 19.5 Å². The van der Waals surface area contributed by atoms with Gasteiger partial charge in [0, 0.05) is 29.9 Å². The highest BCUT2D eigenvalue weighted by atomic mass is 19.1. The van der Waals surface area contributed by atoms with E-state index in [1.807, 2.05) is 11.9 Å². The molecule has 3 aromatic carbocycles. The lowest BCUT2D eigenvalue weighted by atomic mass is 9.94. The van der Waals surface area contributed by atoms with Crippen molar-refractivity contribution in [1.29, 1.82) is 0 Å². The molecular weight excluding hydrogens is 451 g/mol. The zero-order chi connectivity index (χ0) is 24.7. The Morgan fingerprint density at radius 3 is 2.66 bits per heavy atom. The van der Waals surface area contributed by atoms with E-state index in [-0.39, 0.29) is 16.9 Å². The Labute approximate surface area is 201 Å². The normalized spacial score (nSPS) is 18.9. The zero-order valence-electron chi connectivity index (χ0n) is 19.2. The van der Waals surface area contributed by atoms with Crippen LogP contribution in [0.5, 0.6) is 11.5 Å². The molecule has 2 heterocycles. The summed E-state index contributed by atoms with van der Waals surface area (Å²) in [5.41, 5.74) is 1.31. The van der Waals surface area contributed by atoms with E-state index in [1.165, 1.54) is 30.2 Å². The molecule has 0 radical (unpaired) electrons. The smallest absolute Gasteiger partial charge is 0.300 e. The third-order valence-electron chi connectivity index (χ3n) is 6.30. The maximum Gasteiger partial charge on any atom is 0.300 e. The van der Waals surface area contributed by atoms with E-state index in [0.717, 1.165) is 5.69 Å². The summed E-state index contributed by atoms with van der Waals surface area (Å²) in [6.07, 6.45) is 0. The number of amides is 1. The number of methoxy groups -OCH3 is 1. The number of carbonyl (C=O) groups excluding carboxylic acids is 2. The van der Waals surface area contributed by atoms with Gasteiger partial charge in [0.25, 0.3) is 11.7 Å². The number of likely N-dealkylation sites (N-methyl/N-ethyl adjacent to an activating group) is 1. The number of rotatable bonds is 4. The maximum absolute atomic E-state index is 15.0. The number of carbonyl (C=O) groups is 2. The van der Waals surface area contributed by atoms with E-state index in [9.17, 15) is 14.7 Å². The van der Waals surface area contributed by atoms with Gasteiger partial charge in [0.2, 0.25) is 0 Å². The van der Waals surface area contributed by atoms with E-state index >= 15 is 4.39 Å². The molecule has 5 rings (SSSR count). The van der Waals surface area contributed by atoms with Crippen molar-refractivity contribution in [2.75, 3.05) is 37.1 Å². The summed E-state index contributed by atoms with van der Waals surface area (Å²) >= 11 is 0. The first-order valence-corrected chi connectivity index (χ1v) is 11.1. The number of Topliss-reactive ketones (excluding diaryl/α,β-unsaturated/α-hetero) is 1. The minimum Gasteiger partial charge on any atom is -0.507 e. The molecule has 0 spiro atoms. The fraction of sp³-hybridized carbons (Fsp3) is 0.185. The fourth-order valence-corrected chi connectivity index (χ4v) is 4.50. The largest absolute Gasteiger partial charge is 0.507 e. The van der Waals surface area contributed by atoms with Crippen molar-refractivity contribution in [1.82, 2.24) is 0 Å². The van der Waals surface area contributed by atoms with Crippen LogP contribution in [0.2, 0.25) is 0 Å². The molecule has 0 bridgehead atoms. The van der Waals surface area contributed by atoms with Crippen LogP contribution in [0.25, 0.3) is 5.76 Å². The number of aliphatic hydroxyl groups excluding tert-OH is 1. The van der Waals surface area contributed by atoms with Gasteiger partial charge >= 0.3 is 0 Å². The van der Waals surface area contributed by atoms with Gasteiger partial charge in [-0.2, -0.15) is 0 Å². The van der Waals surface area contributed by atoms with Gasteiger partial charge in [-0.05, 0) is 36.4 Å². The summed E-state index contributed by atoms with van der Waals surface area (Å²) in [4.78, 5) is 29.7. The number of halogens is 1. The summed E-state index contributed by atoms with van der Waals surface area (Å²) < 4.78 is 26.0. The fourth-order valence-electron chi connectivity index (χ4n) is 4.50. The van der Waals surface area contributed by atoms with Crippen molar-refractivity contribution < 1.29 is 28.6 Å². The zero-order valence-corrected chi connectivity index (χ0v) is 19.2. The van der Waals surface area contributed by atoms with Crippen LogP contribution in [-0.4, -0.2) is 44.1 Å². The van der Waals surface area contributed by atoms with E-state index in [1.54, 1.807) is 48.5 Å². The Balaban J connectivity index is 1.72. The van der Waals surface area contributed by atoms with E-state index in [0.29, 0.717) is 35.9 Å². The van der Waals surface area contributed by atoms with Crippen LogP contribution >= 0.6 is 0 Å². The van der Waals surface area contributed by atoms with Crippen LogP contribution in [-0.2, 0) is 9.59 Å². The first-order valence-electron chi connectivity index (χ1n) is 11.1. The van der Waals surface area contributed by atoms with Crippen molar-refractivity contribution in [3.05, 3.63) is 89.2 Å². The van der Waals surface area contributed by atoms with Gasteiger partial charge in [0.05, 0.1) is 31.0 Å². The Kier molecular flexibility index (Phi) is 5.64. The molecule has 1 amide bonds. The Bertz CT molecular complexity index is 1370. The van der Waals surface area contributed by atoms with Gasteiger partial charge in [-0.25, -0.2) is 4.39 Å². The minimum atomic E-state index is -1.17. The summed E-state index contributed by atoms with van der Waals surface area (Å²) in [5.74, 6) is -1.64. The monoisotopic (exact) mass is 474 g/mol. The molecule has 0 saturated carbocycles. The summed E-state index contributed by atoms with van der Waals surface area (Å²) in [6.45, 7) is 1.19. The molecule has 1 fully saturated rings. The molecule has 2 aliphatic heterocycles. The molecule has 1 unspecified atom stereocenters. The highest BCUT2D eigenvalue weighted by Crippen LogP contribution is 2.44. The lowest BCUT2D eigenvalue weighted by Crippen LogP contribution is -2.29. The van der Waals surface area contributed by atoms with E-state index < -0.39 is 23.5 Å². The number of anilines is 2. The molecule has 3 aromatic rings. The standard InChI is InChI=1S/C27H23FN2O5/c1-29-12-13-35-22-11-10-16(14-21(22)29)25(31)23-24(19-8-3-4-9-20(19)28)30(27(33)26(23)32)17-6-5-7-18(15-17)34-2/h3-11,14-15,24,31H,12-13H2,1-2H3/b25-23+. The Hall–Kier alpha value is -4.33. The average Bonchev–Trinajstić information content (AvgIpc) is 3.14. The maximum atomic E-state index is 15.0.